The fourth-order valence-corrected chi connectivity index (χ4v) is 5.56. The minimum Gasteiger partial charge on any atom is -0.444 e. The summed E-state index contributed by atoms with van der Waals surface area (Å²) in [6, 6.07) is 7.57. The van der Waals surface area contributed by atoms with E-state index in [1.165, 1.54) is 65.0 Å². The molecule has 1 atom stereocenters. The highest BCUT2D eigenvalue weighted by Crippen LogP contribution is 2.45. The van der Waals surface area contributed by atoms with Crippen LogP contribution in [-0.4, -0.2) is 53.5 Å². The molecule has 2 aromatic carbocycles. The molecule has 0 bridgehead atoms. The quantitative estimate of drug-likeness (QED) is 0.195. The van der Waals surface area contributed by atoms with Crippen molar-refractivity contribution < 1.29 is 53.5 Å². The van der Waals surface area contributed by atoms with Gasteiger partial charge in [0.05, 0.1) is 29.1 Å². The molecule has 11 nitrogen and oxygen atoms in total. The standard InChI is InChI=1S/C34H33F6N5O6S/c1-31(2,3)51-30(47)42-25-15-33(36,37)22-14-23(35)21(27-43-44-29(50-27)32(4,5)52(6,48)49)13-26(22)45(28(25)46)17-18-7-9-19(10-8-18)24-12-11-20(16-41-24)34(38,39)40/h7-14,16,25H,15,17H2,1-6H3,(H,42,47)/t25-/m0/s1. The first-order chi connectivity index (χ1) is 23.9. The smallest absolute Gasteiger partial charge is 0.417 e. The fourth-order valence-electron chi connectivity index (χ4n) is 5.16. The number of fused-ring (bicyclic) bond motifs is 1. The van der Waals surface area contributed by atoms with Gasteiger partial charge in [-0.1, -0.05) is 24.3 Å². The van der Waals surface area contributed by atoms with E-state index in [1.807, 2.05) is 0 Å². The summed E-state index contributed by atoms with van der Waals surface area (Å²) in [5, 5.41) is 9.70. The van der Waals surface area contributed by atoms with Crippen molar-refractivity contribution in [3.05, 3.63) is 83.1 Å². The maximum absolute atomic E-state index is 16.0. The molecule has 52 heavy (non-hydrogen) atoms. The minimum atomic E-state index is -4.58. The predicted octanol–water partition coefficient (Wildman–Crippen LogP) is 7.16. The van der Waals surface area contributed by atoms with Gasteiger partial charge >= 0.3 is 12.3 Å². The maximum atomic E-state index is 16.0. The van der Waals surface area contributed by atoms with Crippen LogP contribution in [0.3, 0.4) is 0 Å². The average Bonchev–Trinajstić information content (AvgIpc) is 3.50. The van der Waals surface area contributed by atoms with Crippen LogP contribution in [0, 0.1) is 5.82 Å². The van der Waals surface area contributed by atoms with E-state index in [9.17, 15) is 31.2 Å². The van der Waals surface area contributed by atoms with E-state index in [1.54, 1.807) is 0 Å². The number of hydrogen-bond acceptors (Lipinski definition) is 9. The Morgan fingerprint density at radius 2 is 1.69 bits per heavy atom. The Morgan fingerprint density at radius 1 is 1.04 bits per heavy atom. The van der Waals surface area contributed by atoms with Crippen molar-refractivity contribution in [3.63, 3.8) is 0 Å². The number of nitrogens with zero attached hydrogens (tertiary/aromatic N) is 4. The molecule has 2 amide bonds. The Bertz CT molecular complexity index is 2110. The number of halogens is 6. The Labute approximate surface area is 294 Å². The van der Waals surface area contributed by atoms with Crippen LogP contribution >= 0.6 is 0 Å². The number of amides is 2. The van der Waals surface area contributed by atoms with E-state index in [4.69, 9.17) is 9.15 Å². The predicted molar refractivity (Wildman–Crippen MR) is 175 cm³/mol. The summed E-state index contributed by atoms with van der Waals surface area (Å²) in [6.07, 6.45) is -5.39. The molecule has 4 aromatic rings. The Hall–Kier alpha value is -5.00. The third-order valence-electron chi connectivity index (χ3n) is 8.26. The van der Waals surface area contributed by atoms with Crippen molar-refractivity contribution in [2.75, 3.05) is 11.2 Å². The SMILES string of the molecule is CC(C)(C)OC(=O)N[C@H]1CC(F)(F)c2cc(F)c(-c3nnc(C(C)(C)S(C)(=O)=O)o3)cc2N(Cc2ccc(-c3ccc(C(F)(F)F)cn3)cc2)C1=O. The summed E-state index contributed by atoms with van der Waals surface area (Å²) >= 11 is 0. The zero-order valence-electron chi connectivity index (χ0n) is 28.6. The molecule has 18 heteroatoms. The molecular weight excluding hydrogens is 720 g/mol. The number of pyridine rings is 1. The zero-order valence-corrected chi connectivity index (χ0v) is 29.4. The molecule has 0 spiro atoms. The lowest BCUT2D eigenvalue weighted by Gasteiger charge is -2.27. The summed E-state index contributed by atoms with van der Waals surface area (Å²) in [6.45, 7) is 6.76. The van der Waals surface area contributed by atoms with Crippen molar-refractivity contribution in [2.24, 2.45) is 0 Å². The zero-order chi connectivity index (χ0) is 38.6. The molecule has 0 unspecified atom stereocenters. The van der Waals surface area contributed by atoms with E-state index in [-0.39, 0.29) is 5.69 Å². The monoisotopic (exact) mass is 753 g/mol. The Balaban J connectivity index is 1.58. The van der Waals surface area contributed by atoms with E-state index in [0.29, 0.717) is 23.4 Å². The number of carbonyl (C=O) groups is 2. The van der Waals surface area contributed by atoms with Crippen LogP contribution in [-0.2, 0) is 42.8 Å². The highest BCUT2D eigenvalue weighted by molar-refractivity contribution is 7.91. The lowest BCUT2D eigenvalue weighted by Crippen LogP contribution is -2.49. The molecule has 0 saturated heterocycles. The number of rotatable bonds is 7. The number of sulfone groups is 1. The summed E-state index contributed by atoms with van der Waals surface area (Å²) < 4.78 is 120. The molecule has 1 aliphatic rings. The lowest BCUT2D eigenvalue weighted by atomic mass is 9.99. The minimum absolute atomic E-state index is 0.204. The third kappa shape index (κ3) is 7.90. The summed E-state index contributed by atoms with van der Waals surface area (Å²) in [5.74, 6) is -7.11. The molecule has 1 N–H and O–H groups in total. The first-order valence-electron chi connectivity index (χ1n) is 15.6. The normalized spacial score (nSPS) is 16.7. The molecule has 5 rings (SSSR count). The number of hydrogen-bond donors (Lipinski definition) is 1. The van der Waals surface area contributed by atoms with Crippen LogP contribution in [0.2, 0.25) is 0 Å². The van der Waals surface area contributed by atoms with Crippen molar-refractivity contribution >= 4 is 27.5 Å². The van der Waals surface area contributed by atoms with Crippen LogP contribution in [0.5, 0.6) is 0 Å². The maximum Gasteiger partial charge on any atom is 0.417 e. The molecular formula is C34H33F6N5O6S. The number of benzene rings is 2. The average molecular weight is 754 g/mol. The number of alkyl carbamates (subject to hydrolysis) is 1. The van der Waals surface area contributed by atoms with Gasteiger partial charge in [0.15, 0.2) is 9.84 Å². The molecule has 0 saturated carbocycles. The van der Waals surface area contributed by atoms with Crippen LogP contribution < -0.4 is 10.2 Å². The summed E-state index contributed by atoms with van der Waals surface area (Å²) in [5.41, 5.74) is -2.93. The summed E-state index contributed by atoms with van der Waals surface area (Å²) in [7, 11) is -3.81. The fraction of sp³-hybridized carbons (Fsp3) is 0.382. The molecule has 0 radical (unpaired) electrons. The number of aromatic nitrogens is 3. The van der Waals surface area contributed by atoms with Gasteiger partial charge < -0.3 is 19.4 Å². The van der Waals surface area contributed by atoms with Crippen LogP contribution in [0.1, 0.15) is 63.6 Å². The van der Waals surface area contributed by atoms with Crippen molar-refractivity contribution in [3.8, 4) is 22.7 Å². The largest absolute Gasteiger partial charge is 0.444 e. The van der Waals surface area contributed by atoms with Crippen molar-refractivity contribution in [2.45, 2.75) is 76.1 Å². The van der Waals surface area contributed by atoms with E-state index >= 15 is 13.2 Å². The van der Waals surface area contributed by atoms with Gasteiger partial charge in [-0.15, -0.1) is 10.2 Å². The number of alkyl halides is 5. The number of carbonyl (C=O) groups excluding carboxylic acids is 2. The number of nitrogens with one attached hydrogen (secondary N) is 1. The van der Waals surface area contributed by atoms with Gasteiger partial charge in [-0.05, 0) is 64.4 Å². The van der Waals surface area contributed by atoms with Crippen LogP contribution in [0.15, 0.2) is 59.1 Å². The van der Waals surface area contributed by atoms with Gasteiger partial charge in [0.25, 0.3) is 11.8 Å². The van der Waals surface area contributed by atoms with Gasteiger partial charge in [-0.2, -0.15) is 13.2 Å². The topological polar surface area (TPSA) is 145 Å². The highest BCUT2D eigenvalue weighted by atomic mass is 32.2. The van der Waals surface area contributed by atoms with Gasteiger partial charge in [-0.25, -0.2) is 26.4 Å². The van der Waals surface area contributed by atoms with Gasteiger partial charge in [0.1, 0.15) is 22.2 Å². The van der Waals surface area contributed by atoms with Gasteiger partial charge in [-0.3, -0.25) is 9.78 Å². The first-order valence-corrected chi connectivity index (χ1v) is 17.5. The molecule has 0 aliphatic carbocycles. The van der Waals surface area contributed by atoms with Crippen LogP contribution in [0.4, 0.5) is 36.8 Å². The third-order valence-corrected chi connectivity index (χ3v) is 10.3. The second-order valence-electron chi connectivity index (χ2n) is 13.7. The Kier molecular flexibility index (Phi) is 9.71. The highest BCUT2D eigenvalue weighted by Gasteiger charge is 2.47. The molecule has 2 aromatic heterocycles. The molecule has 3 heterocycles. The Morgan fingerprint density at radius 3 is 2.25 bits per heavy atom. The second kappa shape index (κ2) is 13.2. The van der Waals surface area contributed by atoms with Crippen molar-refractivity contribution in [1.29, 1.82) is 0 Å². The van der Waals surface area contributed by atoms with E-state index in [2.05, 4.69) is 20.5 Å². The number of ether oxygens (including phenoxy) is 1. The molecule has 0 fully saturated rings. The van der Waals surface area contributed by atoms with E-state index < -0.39 is 103 Å². The van der Waals surface area contributed by atoms with Gasteiger partial charge in [0, 0.05) is 30.0 Å². The van der Waals surface area contributed by atoms with Gasteiger partial charge in [0.2, 0.25) is 11.8 Å². The summed E-state index contributed by atoms with van der Waals surface area (Å²) in [4.78, 5) is 31.5. The number of anilines is 1. The molecule has 1 aliphatic heterocycles. The van der Waals surface area contributed by atoms with E-state index in [0.717, 1.165) is 23.3 Å². The van der Waals surface area contributed by atoms with Crippen LogP contribution in [0.25, 0.3) is 22.7 Å². The second-order valence-corrected chi connectivity index (χ2v) is 16.3. The van der Waals surface area contributed by atoms with Crippen molar-refractivity contribution in [1.82, 2.24) is 20.5 Å². The lowest BCUT2D eigenvalue weighted by molar-refractivity contribution is -0.137. The molecule has 278 valence electrons. The first kappa shape index (κ1) is 38.2.